The molecule has 2 N–H and O–H groups in total. The second-order valence-electron chi connectivity index (χ2n) is 7.18. The predicted molar refractivity (Wildman–Crippen MR) is 109 cm³/mol. The number of carbonyl (C=O) groups excluding carboxylic acids is 1. The molecule has 0 radical (unpaired) electrons. The van der Waals surface area contributed by atoms with Crippen LogP contribution in [0.15, 0.2) is 35.3 Å². The molecule has 0 aromatic heterocycles. The van der Waals surface area contributed by atoms with Crippen LogP contribution in [0.4, 0.5) is 0 Å². The topological polar surface area (TPSA) is 56.7 Å². The first-order valence-electron chi connectivity index (χ1n) is 9.61. The zero-order chi connectivity index (χ0) is 18.2. The summed E-state index contributed by atoms with van der Waals surface area (Å²) in [5.74, 6) is 1.99. The van der Waals surface area contributed by atoms with Crippen molar-refractivity contribution < 1.29 is 4.79 Å². The fraction of sp³-hybridized carbons (Fsp3) is 0.600. The predicted octanol–water partition coefficient (Wildman–Crippen LogP) is 2.63. The van der Waals surface area contributed by atoms with E-state index in [1.165, 1.54) is 32.1 Å². The first kappa shape index (κ1) is 19.1. The molecule has 1 saturated heterocycles. The summed E-state index contributed by atoms with van der Waals surface area (Å²) in [5.41, 5.74) is 1.11. The molecule has 1 aromatic rings. The standard InChI is InChI=1S/C20H30N4OS/c1-21-19(23-15-18(25)22-14-17-8-4-2-5-9-17)24-12-13-26-20(16-24)10-6-3-7-11-20/h2,4-5,8-9H,3,6-7,10-16H2,1H3,(H,21,23)(H,22,25). The number of nitrogens with zero attached hydrogens (tertiary/aromatic N) is 2. The van der Waals surface area contributed by atoms with E-state index >= 15 is 0 Å². The molecule has 1 spiro atoms. The average Bonchev–Trinajstić information content (AvgIpc) is 2.68. The third-order valence-corrected chi connectivity index (χ3v) is 6.80. The van der Waals surface area contributed by atoms with Crippen LogP contribution in [-0.4, -0.2) is 53.9 Å². The molecule has 6 heteroatoms. The van der Waals surface area contributed by atoms with Crippen LogP contribution in [0.25, 0.3) is 0 Å². The number of guanidine groups is 1. The number of amides is 1. The van der Waals surface area contributed by atoms with Crippen molar-refractivity contribution in [1.82, 2.24) is 15.5 Å². The second-order valence-corrected chi connectivity index (χ2v) is 8.74. The number of aliphatic imine (C=N–C) groups is 1. The zero-order valence-corrected chi connectivity index (χ0v) is 16.5. The fourth-order valence-corrected chi connectivity index (χ4v) is 5.44. The Kier molecular flexibility index (Phi) is 6.83. The van der Waals surface area contributed by atoms with Gasteiger partial charge in [-0.1, -0.05) is 49.6 Å². The van der Waals surface area contributed by atoms with Crippen LogP contribution in [0.5, 0.6) is 0 Å². The summed E-state index contributed by atoms with van der Waals surface area (Å²) < 4.78 is 0.393. The Balaban J connectivity index is 1.47. The van der Waals surface area contributed by atoms with Crippen molar-refractivity contribution in [3.8, 4) is 0 Å². The largest absolute Gasteiger partial charge is 0.350 e. The number of hydrogen-bond donors (Lipinski definition) is 2. The summed E-state index contributed by atoms with van der Waals surface area (Å²) in [6, 6.07) is 9.98. The Hall–Kier alpha value is -1.69. The quantitative estimate of drug-likeness (QED) is 0.628. The van der Waals surface area contributed by atoms with Crippen molar-refractivity contribution in [3.63, 3.8) is 0 Å². The van der Waals surface area contributed by atoms with Crippen molar-refractivity contribution >= 4 is 23.6 Å². The molecular weight excluding hydrogens is 344 g/mol. The number of thioether (sulfide) groups is 1. The molecule has 0 unspecified atom stereocenters. The minimum atomic E-state index is -0.00577. The van der Waals surface area contributed by atoms with Gasteiger partial charge in [0.25, 0.3) is 0 Å². The third kappa shape index (κ3) is 5.16. The number of benzene rings is 1. The van der Waals surface area contributed by atoms with Gasteiger partial charge < -0.3 is 15.5 Å². The Morgan fingerprint density at radius 2 is 1.96 bits per heavy atom. The summed E-state index contributed by atoms with van der Waals surface area (Å²) >= 11 is 2.14. The summed E-state index contributed by atoms with van der Waals surface area (Å²) in [6.07, 6.45) is 6.67. The molecular formula is C20H30N4OS. The zero-order valence-electron chi connectivity index (χ0n) is 15.7. The van der Waals surface area contributed by atoms with Crippen LogP contribution in [0.2, 0.25) is 0 Å². The summed E-state index contributed by atoms with van der Waals surface area (Å²) in [7, 11) is 1.81. The molecule has 1 heterocycles. The molecule has 2 fully saturated rings. The lowest BCUT2D eigenvalue weighted by molar-refractivity contribution is -0.120. The number of nitrogens with one attached hydrogen (secondary N) is 2. The van der Waals surface area contributed by atoms with Crippen LogP contribution < -0.4 is 10.6 Å². The molecule has 5 nitrogen and oxygen atoms in total. The van der Waals surface area contributed by atoms with Gasteiger partial charge in [-0.05, 0) is 18.4 Å². The van der Waals surface area contributed by atoms with Crippen molar-refractivity contribution in [2.75, 3.05) is 32.4 Å². The number of hydrogen-bond acceptors (Lipinski definition) is 3. The molecule has 26 heavy (non-hydrogen) atoms. The monoisotopic (exact) mass is 374 g/mol. The highest BCUT2D eigenvalue weighted by molar-refractivity contribution is 8.00. The third-order valence-electron chi connectivity index (χ3n) is 5.26. The first-order chi connectivity index (χ1) is 12.7. The van der Waals surface area contributed by atoms with Gasteiger partial charge in [-0.2, -0.15) is 11.8 Å². The lowest BCUT2D eigenvalue weighted by Crippen LogP contribution is -2.54. The van der Waals surface area contributed by atoms with Crippen molar-refractivity contribution in [3.05, 3.63) is 35.9 Å². The van der Waals surface area contributed by atoms with E-state index in [0.29, 0.717) is 11.3 Å². The maximum absolute atomic E-state index is 12.2. The van der Waals surface area contributed by atoms with Gasteiger partial charge in [0.1, 0.15) is 0 Å². The van der Waals surface area contributed by atoms with Gasteiger partial charge in [0.15, 0.2) is 5.96 Å². The van der Waals surface area contributed by atoms with Crippen LogP contribution in [0, 0.1) is 0 Å². The second kappa shape index (κ2) is 9.31. The molecule has 0 atom stereocenters. The van der Waals surface area contributed by atoms with Crippen molar-refractivity contribution in [2.45, 2.75) is 43.4 Å². The van der Waals surface area contributed by atoms with Gasteiger partial charge in [-0.3, -0.25) is 9.79 Å². The van der Waals surface area contributed by atoms with E-state index in [1.807, 2.05) is 30.3 Å². The van der Waals surface area contributed by atoms with E-state index in [4.69, 9.17) is 0 Å². The maximum atomic E-state index is 12.2. The number of rotatable bonds is 4. The fourth-order valence-electron chi connectivity index (χ4n) is 3.87. The van der Waals surface area contributed by atoms with Crippen LogP contribution >= 0.6 is 11.8 Å². The van der Waals surface area contributed by atoms with E-state index in [0.717, 1.165) is 30.4 Å². The summed E-state index contributed by atoms with van der Waals surface area (Å²) in [5, 5.41) is 6.21. The maximum Gasteiger partial charge on any atom is 0.239 e. The van der Waals surface area contributed by atoms with Gasteiger partial charge in [0, 0.05) is 37.2 Å². The van der Waals surface area contributed by atoms with Crippen LogP contribution in [0.1, 0.15) is 37.7 Å². The van der Waals surface area contributed by atoms with Gasteiger partial charge in [-0.15, -0.1) is 0 Å². The number of carbonyl (C=O) groups is 1. The van der Waals surface area contributed by atoms with Gasteiger partial charge >= 0.3 is 0 Å². The molecule has 1 saturated carbocycles. The molecule has 1 aromatic carbocycles. The lowest BCUT2D eigenvalue weighted by Gasteiger charge is -2.45. The normalized spacial score (nSPS) is 20.0. The highest BCUT2D eigenvalue weighted by Crippen LogP contribution is 2.42. The van der Waals surface area contributed by atoms with E-state index in [2.05, 4.69) is 32.3 Å². The molecule has 0 bridgehead atoms. The van der Waals surface area contributed by atoms with Gasteiger partial charge in [0.05, 0.1) is 6.54 Å². The Bertz CT molecular complexity index is 608. The highest BCUT2D eigenvalue weighted by atomic mass is 32.2. The smallest absolute Gasteiger partial charge is 0.239 e. The first-order valence-corrected chi connectivity index (χ1v) is 10.6. The Morgan fingerprint density at radius 1 is 1.19 bits per heavy atom. The van der Waals surface area contributed by atoms with Crippen molar-refractivity contribution in [2.24, 2.45) is 4.99 Å². The molecule has 1 aliphatic heterocycles. The molecule has 142 valence electrons. The van der Waals surface area contributed by atoms with E-state index in [-0.39, 0.29) is 12.5 Å². The van der Waals surface area contributed by atoms with E-state index < -0.39 is 0 Å². The van der Waals surface area contributed by atoms with E-state index in [1.54, 1.807) is 7.05 Å². The summed E-state index contributed by atoms with van der Waals surface area (Å²) in [4.78, 5) is 18.9. The minimum absolute atomic E-state index is 0.00577. The Labute approximate surface area is 161 Å². The van der Waals surface area contributed by atoms with Crippen LogP contribution in [-0.2, 0) is 11.3 Å². The average molecular weight is 375 g/mol. The SMILES string of the molecule is CN=C(NCC(=O)NCc1ccccc1)N1CCSC2(CCCCC2)C1. The highest BCUT2D eigenvalue weighted by Gasteiger charge is 2.38. The Morgan fingerprint density at radius 3 is 2.69 bits per heavy atom. The van der Waals surface area contributed by atoms with Gasteiger partial charge in [0.2, 0.25) is 5.91 Å². The lowest BCUT2D eigenvalue weighted by atomic mass is 9.87. The molecule has 1 aliphatic carbocycles. The van der Waals surface area contributed by atoms with Gasteiger partial charge in [-0.25, -0.2) is 0 Å². The molecule has 2 aliphatic rings. The molecule has 3 rings (SSSR count). The van der Waals surface area contributed by atoms with E-state index in [9.17, 15) is 4.79 Å². The van der Waals surface area contributed by atoms with Crippen LogP contribution in [0.3, 0.4) is 0 Å². The van der Waals surface area contributed by atoms with Crippen molar-refractivity contribution in [1.29, 1.82) is 0 Å². The summed E-state index contributed by atoms with van der Waals surface area (Å²) in [6.45, 7) is 2.86. The minimum Gasteiger partial charge on any atom is -0.350 e. The molecule has 1 amide bonds.